The number of pyridine rings is 1. The van der Waals surface area contributed by atoms with Crippen LogP contribution in [0.4, 0.5) is 0 Å². The number of aromatic nitrogens is 1. The Morgan fingerprint density at radius 3 is 2.07 bits per heavy atom. The van der Waals surface area contributed by atoms with Gasteiger partial charge in [-0.3, -0.25) is 0 Å². The molecule has 6 heteroatoms. The molecule has 1 aromatic rings. The van der Waals surface area contributed by atoms with Crippen LogP contribution in [0.2, 0.25) is 0 Å². The summed E-state index contributed by atoms with van der Waals surface area (Å²) in [5, 5.41) is 3.77. The first kappa shape index (κ1) is 13.0. The molecule has 0 saturated heterocycles. The molecule has 1 heterocycles. The van der Waals surface area contributed by atoms with Gasteiger partial charge in [0.15, 0.2) is 22.7 Å². The summed E-state index contributed by atoms with van der Waals surface area (Å²) in [6.45, 7) is 3.31. The van der Waals surface area contributed by atoms with E-state index in [4.69, 9.17) is 13.0 Å². The number of aryl methyl sites for hydroxylation is 1. The fourth-order valence-corrected chi connectivity index (χ4v) is 0.842. The number of rotatable bonds is 2. The minimum Gasteiger partial charge on any atom is -0.736 e. The lowest BCUT2D eigenvalue weighted by Gasteiger charge is -1.90. The predicted octanol–water partition coefficient (Wildman–Crippen LogP) is -0.211. The Morgan fingerprint density at radius 2 is 1.71 bits per heavy atom. The van der Waals surface area contributed by atoms with Crippen LogP contribution in [0.3, 0.4) is 0 Å². The maximum Gasteiger partial charge on any atom is 0.168 e. The van der Waals surface area contributed by atoms with Gasteiger partial charge in [0.05, 0.1) is 0 Å². The van der Waals surface area contributed by atoms with Gasteiger partial charge in [0.2, 0.25) is 0 Å². The lowest BCUT2D eigenvalue weighted by Crippen LogP contribution is -2.31. The largest absolute Gasteiger partial charge is 0.736 e. The Balaban J connectivity index is 0.000000292. The molecule has 80 valence electrons. The van der Waals surface area contributed by atoms with Crippen molar-refractivity contribution in [3.63, 3.8) is 0 Å². The topological polar surface area (TPSA) is 87.1 Å². The normalized spacial score (nSPS) is 10.2. The molecule has 0 atom stereocenters. The minimum absolute atomic E-state index is 1.13. The molecule has 0 unspecified atom stereocenters. The van der Waals surface area contributed by atoms with Gasteiger partial charge in [0, 0.05) is 18.6 Å². The summed E-state index contributed by atoms with van der Waals surface area (Å²) in [6, 6.07) is 6.14. The van der Waals surface area contributed by atoms with Crippen molar-refractivity contribution >= 4 is 10.3 Å². The molecular weight excluding hydrogens is 204 g/mol. The SMILES string of the molecule is CCC[n+]1ccccc1.NS(=O)(=O)[O-]. The van der Waals surface area contributed by atoms with Gasteiger partial charge in [-0.25, -0.2) is 18.1 Å². The second-order valence-corrected chi connectivity index (χ2v) is 3.59. The molecule has 5 nitrogen and oxygen atoms in total. The molecule has 0 aliphatic carbocycles. The van der Waals surface area contributed by atoms with Crippen molar-refractivity contribution < 1.29 is 17.5 Å². The number of hydrogen-bond donors (Lipinski definition) is 1. The summed E-state index contributed by atoms with van der Waals surface area (Å²) >= 11 is 0. The summed E-state index contributed by atoms with van der Waals surface area (Å²) < 4.78 is 28.7. The van der Waals surface area contributed by atoms with E-state index in [9.17, 15) is 0 Å². The van der Waals surface area contributed by atoms with E-state index >= 15 is 0 Å². The number of hydrogen-bond acceptors (Lipinski definition) is 3. The van der Waals surface area contributed by atoms with Gasteiger partial charge in [-0.2, -0.15) is 0 Å². The molecule has 0 aliphatic rings. The van der Waals surface area contributed by atoms with E-state index in [1.54, 1.807) is 0 Å². The first-order valence-corrected chi connectivity index (χ1v) is 5.58. The van der Waals surface area contributed by atoms with Crippen LogP contribution in [0.1, 0.15) is 13.3 Å². The summed E-state index contributed by atoms with van der Waals surface area (Å²) in [5.74, 6) is 0. The maximum absolute atomic E-state index is 8.85. The standard InChI is InChI=1S/C8H12N.H3NO3S/c1-2-6-9-7-4-3-5-8-9;1-5(2,3)4/h3-5,7-8H,2,6H2,1H3;(H3,1,2,3,4)/q+1;/p-1. The van der Waals surface area contributed by atoms with Gasteiger partial charge in [0.1, 0.15) is 6.54 Å². The van der Waals surface area contributed by atoms with Crippen LogP contribution in [-0.2, 0) is 16.8 Å². The molecule has 0 spiro atoms. The minimum atomic E-state index is -4.42. The third-order valence-electron chi connectivity index (χ3n) is 1.26. The molecule has 0 fully saturated rings. The van der Waals surface area contributed by atoms with Crippen LogP contribution in [-0.4, -0.2) is 13.0 Å². The van der Waals surface area contributed by atoms with Gasteiger partial charge in [-0.1, -0.05) is 13.0 Å². The van der Waals surface area contributed by atoms with E-state index in [0.29, 0.717) is 0 Å². The Bertz CT molecular complexity index is 329. The summed E-state index contributed by atoms with van der Waals surface area (Å²) in [6.07, 6.45) is 5.38. The third kappa shape index (κ3) is 11.0. The summed E-state index contributed by atoms with van der Waals surface area (Å²) in [7, 11) is -4.42. The van der Waals surface area contributed by atoms with Crippen LogP contribution in [0.5, 0.6) is 0 Å². The van der Waals surface area contributed by atoms with Crippen molar-refractivity contribution in [3.8, 4) is 0 Å². The fraction of sp³-hybridized carbons (Fsp3) is 0.375. The van der Waals surface area contributed by atoms with Crippen molar-refractivity contribution in [3.05, 3.63) is 30.6 Å². The Labute approximate surface area is 84.1 Å². The van der Waals surface area contributed by atoms with E-state index < -0.39 is 10.3 Å². The lowest BCUT2D eigenvalue weighted by molar-refractivity contribution is -0.697. The maximum atomic E-state index is 8.85. The van der Waals surface area contributed by atoms with Crippen LogP contribution < -0.4 is 9.71 Å². The molecule has 0 amide bonds. The van der Waals surface area contributed by atoms with Crippen LogP contribution in [0.25, 0.3) is 0 Å². The first-order chi connectivity index (χ1) is 6.43. The van der Waals surface area contributed by atoms with Crippen LogP contribution in [0.15, 0.2) is 30.6 Å². The van der Waals surface area contributed by atoms with E-state index in [2.05, 4.69) is 41.2 Å². The van der Waals surface area contributed by atoms with Crippen molar-refractivity contribution in [2.45, 2.75) is 19.9 Å². The highest BCUT2D eigenvalue weighted by molar-refractivity contribution is 7.83. The van der Waals surface area contributed by atoms with Crippen molar-refractivity contribution in [1.82, 2.24) is 0 Å². The molecule has 0 aromatic carbocycles. The molecule has 0 radical (unpaired) electrons. The van der Waals surface area contributed by atoms with E-state index in [-0.39, 0.29) is 0 Å². The molecule has 14 heavy (non-hydrogen) atoms. The molecule has 0 saturated carbocycles. The van der Waals surface area contributed by atoms with E-state index in [0.717, 1.165) is 6.54 Å². The summed E-state index contributed by atoms with van der Waals surface area (Å²) in [5.41, 5.74) is 0. The van der Waals surface area contributed by atoms with Crippen molar-refractivity contribution in [1.29, 1.82) is 0 Å². The lowest BCUT2D eigenvalue weighted by atomic mass is 10.4. The highest BCUT2D eigenvalue weighted by Gasteiger charge is 1.90. The van der Waals surface area contributed by atoms with Gasteiger partial charge in [-0.05, 0) is 0 Å². The zero-order chi connectivity index (χ0) is 11.0. The van der Waals surface area contributed by atoms with Crippen LogP contribution >= 0.6 is 0 Å². The zero-order valence-electron chi connectivity index (χ0n) is 7.96. The van der Waals surface area contributed by atoms with E-state index in [1.807, 2.05) is 6.07 Å². The number of nitrogens with zero attached hydrogens (tertiary/aromatic N) is 1. The average molecular weight is 218 g/mol. The second-order valence-electron chi connectivity index (χ2n) is 2.61. The van der Waals surface area contributed by atoms with Gasteiger partial charge >= 0.3 is 0 Å². The molecular formula is C8H14N2O3S. The van der Waals surface area contributed by atoms with Crippen molar-refractivity contribution in [2.24, 2.45) is 5.14 Å². The highest BCUT2D eigenvalue weighted by atomic mass is 32.2. The Kier molecular flexibility index (Phi) is 6.02. The monoisotopic (exact) mass is 218 g/mol. The zero-order valence-corrected chi connectivity index (χ0v) is 8.78. The second kappa shape index (κ2) is 6.47. The Hall–Kier alpha value is -0.980. The highest BCUT2D eigenvalue weighted by Crippen LogP contribution is 1.78. The first-order valence-electron chi connectivity index (χ1n) is 4.11. The van der Waals surface area contributed by atoms with Crippen LogP contribution in [0, 0.1) is 0 Å². The molecule has 0 aliphatic heterocycles. The van der Waals surface area contributed by atoms with Crippen molar-refractivity contribution in [2.75, 3.05) is 0 Å². The molecule has 2 N–H and O–H groups in total. The number of nitrogens with two attached hydrogens (primary N) is 1. The third-order valence-corrected chi connectivity index (χ3v) is 1.26. The van der Waals surface area contributed by atoms with Gasteiger partial charge < -0.3 is 4.55 Å². The quantitative estimate of drug-likeness (QED) is 0.550. The van der Waals surface area contributed by atoms with Gasteiger partial charge in [0.25, 0.3) is 0 Å². The summed E-state index contributed by atoms with van der Waals surface area (Å²) in [4.78, 5) is 0. The smallest absolute Gasteiger partial charge is 0.168 e. The van der Waals surface area contributed by atoms with E-state index in [1.165, 1.54) is 6.42 Å². The fourth-order valence-electron chi connectivity index (χ4n) is 0.842. The molecule has 0 bridgehead atoms. The average Bonchev–Trinajstić information content (AvgIpc) is 2.03. The predicted molar refractivity (Wildman–Crippen MR) is 50.8 cm³/mol. The van der Waals surface area contributed by atoms with Gasteiger partial charge in [-0.15, -0.1) is 0 Å². The molecule has 1 aromatic heterocycles. The Morgan fingerprint density at radius 1 is 1.29 bits per heavy atom. The molecule has 1 rings (SSSR count).